The summed E-state index contributed by atoms with van der Waals surface area (Å²) in [7, 11) is 1.59. The molecule has 0 radical (unpaired) electrons. The van der Waals surface area contributed by atoms with Crippen LogP contribution in [0.5, 0.6) is 5.75 Å². The van der Waals surface area contributed by atoms with Crippen molar-refractivity contribution >= 4 is 22.9 Å². The van der Waals surface area contributed by atoms with E-state index in [1.165, 1.54) is 4.68 Å². The van der Waals surface area contributed by atoms with Crippen molar-refractivity contribution in [1.82, 2.24) is 20.3 Å². The van der Waals surface area contributed by atoms with E-state index >= 15 is 0 Å². The van der Waals surface area contributed by atoms with Crippen LogP contribution in [0.25, 0.3) is 11.0 Å². The molecule has 0 bridgehead atoms. The number of fused-ring (bicyclic) bond motifs is 1. The first kappa shape index (κ1) is 17.4. The van der Waals surface area contributed by atoms with Gasteiger partial charge in [0, 0.05) is 6.54 Å². The molecule has 1 amide bonds. The number of carbonyl (C=O) groups is 2. The lowest BCUT2D eigenvalue weighted by molar-refractivity contribution is -0.149. The smallest absolute Gasteiger partial charge is 0.328 e. The van der Waals surface area contributed by atoms with Crippen molar-refractivity contribution in [2.24, 2.45) is 0 Å². The molecule has 1 N–H and O–H groups in total. The van der Waals surface area contributed by atoms with Gasteiger partial charge in [-0.05, 0) is 29.8 Å². The lowest BCUT2D eigenvalue weighted by atomic mass is 10.2. The fourth-order valence-corrected chi connectivity index (χ4v) is 2.34. The van der Waals surface area contributed by atoms with Crippen LogP contribution in [0.2, 0.25) is 0 Å². The number of nitrogens with zero attached hydrogens (tertiary/aromatic N) is 3. The van der Waals surface area contributed by atoms with Crippen LogP contribution >= 0.6 is 0 Å². The number of amides is 1. The second kappa shape index (κ2) is 8.11. The van der Waals surface area contributed by atoms with E-state index in [0.29, 0.717) is 12.1 Å². The van der Waals surface area contributed by atoms with Crippen molar-refractivity contribution < 1.29 is 19.1 Å². The van der Waals surface area contributed by atoms with E-state index < -0.39 is 5.97 Å². The molecule has 0 aliphatic heterocycles. The normalized spacial score (nSPS) is 10.5. The molecule has 0 fully saturated rings. The van der Waals surface area contributed by atoms with Gasteiger partial charge in [-0.25, -0.2) is 4.68 Å². The Labute approximate surface area is 149 Å². The van der Waals surface area contributed by atoms with E-state index in [-0.39, 0.29) is 19.1 Å². The van der Waals surface area contributed by atoms with Crippen LogP contribution < -0.4 is 10.1 Å². The number of nitrogens with one attached hydrogen (secondary N) is 1. The molecule has 0 saturated carbocycles. The Hall–Kier alpha value is -3.42. The summed E-state index contributed by atoms with van der Waals surface area (Å²) in [5.74, 6) is -0.187. The van der Waals surface area contributed by atoms with Gasteiger partial charge in [-0.2, -0.15) is 0 Å². The summed E-state index contributed by atoms with van der Waals surface area (Å²) in [6.45, 7) is -0.109. The molecule has 0 aliphatic rings. The average Bonchev–Trinajstić information content (AvgIpc) is 3.08. The highest BCUT2D eigenvalue weighted by Crippen LogP contribution is 2.11. The summed E-state index contributed by atoms with van der Waals surface area (Å²) in [6.07, 6.45) is 0. The van der Waals surface area contributed by atoms with Gasteiger partial charge >= 0.3 is 5.97 Å². The van der Waals surface area contributed by atoms with Crippen LogP contribution in [-0.4, -0.2) is 40.6 Å². The van der Waals surface area contributed by atoms with E-state index in [4.69, 9.17) is 9.47 Å². The summed E-state index contributed by atoms with van der Waals surface area (Å²) in [5.41, 5.74) is 2.34. The zero-order chi connectivity index (χ0) is 18.4. The van der Waals surface area contributed by atoms with Gasteiger partial charge in [0.05, 0.1) is 12.6 Å². The minimum atomic E-state index is -0.555. The van der Waals surface area contributed by atoms with Gasteiger partial charge in [-0.1, -0.05) is 29.5 Å². The Kier molecular flexibility index (Phi) is 5.43. The molecule has 0 atom stereocenters. The molecule has 1 aromatic heterocycles. The minimum absolute atomic E-state index is 0.105. The molecule has 3 rings (SSSR count). The highest BCUT2D eigenvalue weighted by molar-refractivity contribution is 5.81. The monoisotopic (exact) mass is 354 g/mol. The van der Waals surface area contributed by atoms with Gasteiger partial charge < -0.3 is 14.8 Å². The molecule has 0 aliphatic carbocycles. The molecule has 0 spiro atoms. The summed E-state index contributed by atoms with van der Waals surface area (Å²) < 4.78 is 11.5. The second-order valence-corrected chi connectivity index (χ2v) is 5.52. The van der Waals surface area contributed by atoms with Crippen LogP contribution in [0, 0.1) is 0 Å². The molecule has 26 heavy (non-hydrogen) atoms. The fourth-order valence-electron chi connectivity index (χ4n) is 2.34. The molecule has 0 unspecified atom stereocenters. The van der Waals surface area contributed by atoms with Gasteiger partial charge in [0.1, 0.15) is 17.8 Å². The number of ether oxygens (including phenoxy) is 2. The lowest BCUT2D eigenvalue weighted by Crippen LogP contribution is -2.29. The highest BCUT2D eigenvalue weighted by atomic mass is 16.5. The predicted octanol–water partition coefficient (Wildman–Crippen LogP) is 1.30. The van der Waals surface area contributed by atoms with Crippen molar-refractivity contribution in [2.45, 2.75) is 13.1 Å². The van der Waals surface area contributed by atoms with Gasteiger partial charge in [-0.3, -0.25) is 9.59 Å². The number of esters is 1. The van der Waals surface area contributed by atoms with Gasteiger partial charge in [0.25, 0.3) is 5.91 Å². The van der Waals surface area contributed by atoms with Crippen LogP contribution in [0.15, 0.2) is 48.5 Å². The van der Waals surface area contributed by atoms with E-state index in [9.17, 15) is 9.59 Å². The average molecular weight is 354 g/mol. The number of para-hydroxylation sites is 1. The van der Waals surface area contributed by atoms with Crippen molar-refractivity contribution in [3.63, 3.8) is 0 Å². The number of hydrogen-bond acceptors (Lipinski definition) is 6. The van der Waals surface area contributed by atoms with Crippen molar-refractivity contribution in [3.8, 4) is 5.75 Å². The Morgan fingerprint density at radius 2 is 1.88 bits per heavy atom. The molecule has 134 valence electrons. The summed E-state index contributed by atoms with van der Waals surface area (Å²) in [5, 5.41) is 10.6. The van der Waals surface area contributed by atoms with Gasteiger partial charge in [0.15, 0.2) is 6.61 Å². The molecule has 2 aromatic carbocycles. The van der Waals surface area contributed by atoms with Crippen LogP contribution in [-0.2, 0) is 27.4 Å². The van der Waals surface area contributed by atoms with E-state index in [0.717, 1.165) is 16.8 Å². The van der Waals surface area contributed by atoms with Crippen molar-refractivity contribution in [1.29, 1.82) is 0 Å². The van der Waals surface area contributed by atoms with Gasteiger partial charge in [-0.15, -0.1) is 5.10 Å². The number of methoxy groups -OCH3 is 1. The third kappa shape index (κ3) is 4.35. The number of benzene rings is 2. The molecular formula is C18H18N4O4. The summed E-state index contributed by atoms with van der Waals surface area (Å²) in [4.78, 5) is 23.7. The molecule has 1 heterocycles. The zero-order valence-corrected chi connectivity index (χ0v) is 14.2. The van der Waals surface area contributed by atoms with Gasteiger partial charge in [0.2, 0.25) is 0 Å². The Bertz CT molecular complexity index is 905. The van der Waals surface area contributed by atoms with Crippen molar-refractivity contribution in [3.05, 3.63) is 54.1 Å². The maximum absolute atomic E-state index is 11.9. The van der Waals surface area contributed by atoms with Crippen molar-refractivity contribution in [2.75, 3.05) is 13.7 Å². The summed E-state index contributed by atoms with van der Waals surface area (Å²) in [6, 6.07) is 14.6. The fraction of sp³-hybridized carbons (Fsp3) is 0.222. The third-order valence-electron chi connectivity index (χ3n) is 3.71. The van der Waals surface area contributed by atoms with E-state index in [2.05, 4.69) is 15.6 Å². The first-order valence-corrected chi connectivity index (χ1v) is 7.99. The van der Waals surface area contributed by atoms with Crippen LogP contribution in [0.4, 0.5) is 0 Å². The standard InChI is InChI=1S/C18H18N4O4/c1-25-14-8-6-13(7-9-14)10-19-17(23)12-26-18(24)11-22-16-5-3-2-4-15(16)20-21-22/h2-9H,10-12H2,1H3,(H,19,23). The molecular weight excluding hydrogens is 336 g/mol. The molecule has 8 nitrogen and oxygen atoms in total. The van der Waals surface area contributed by atoms with Crippen LogP contribution in [0.3, 0.4) is 0 Å². The number of carbonyl (C=O) groups excluding carboxylic acids is 2. The van der Waals surface area contributed by atoms with E-state index in [1.54, 1.807) is 13.2 Å². The lowest BCUT2D eigenvalue weighted by Gasteiger charge is -2.07. The maximum atomic E-state index is 11.9. The zero-order valence-electron chi connectivity index (χ0n) is 14.2. The topological polar surface area (TPSA) is 95.3 Å². The molecule has 3 aromatic rings. The van der Waals surface area contributed by atoms with Crippen LogP contribution in [0.1, 0.15) is 5.56 Å². The summed E-state index contributed by atoms with van der Waals surface area (Å²) >= 11 is 0. The predicted molar refractivity (Wildman–Crippen MR) is 93.3 cm³/mol. The highest BCUT2D eigenvalue weighted by Gasteiger charge is 2.11. The first-order chi connectivity index (χ1) is 12.7. The Morgan fingerprint density at radius 3 is 2.65 bits per heavy atom. The minimum Gasteiger partial charge on any atom is -0.497 e. The molecule has 8 heteroatoms. The second-order valence-electron chi connectivity index (χ2n) is 5.52. The van der Waals surface area contributed by atoms with E-state index in [1.807, 2.05) is 42.5 Å². The number of rotatable bonds is 7. The quantitative estimate of drug-likeness (QED) is 0.643. The number of aromatic nitrogens is 3. The SMILES string of the molecule is COc1ccc(CNC(=O)COC(=O)Cn2nnc3ccccc32)cc1. The largest absolute Gasteiger partial charge is 0.497 e. The maximum Gasteiger partial charge on any atom is 0.328 e. The molecule has 0 saturated heterocycles. The number of hydrogen-bond donors (Lipinski definition) is 1. The third-order valence-corrected chi connectivity index (χ3v) is 3.71. The Balaban J connectivity index is 1.44. The first-order valence-electron chi connectivity index (χ1n) is 7.99. The Morgan fingerprint density at radius 1 is 1.12 bits per heavy atom.